The summed E-state index contributed by atoms with van der Waals surface area (Å²) >= 11 is 5.08. The first-order valence-corrected chi connectivity index (χ1v) is 6.92. The monoisotopic (exact) mass is 281 g/mol. The molecule has 1 aromatic heterocycles. The topological polar surface area (TPSA) is 60.2 Å². The van der Waals surface area contributed by atoms with E-state index in [1.165, 1.54) is 0 Å². The third kappa shape index (κ3) is 5.12. The van der Waals surface area contributed by atoms with Crippen LogP contribution in [-0.2, 0) is 4.74 Å². The lowest BCUT2D eigenvalue weighted by molar-refractivity contribution is 0.118. The Kier molecular flexibility index (Phi) is 6.18. The van der Waals surface area contributed by atoms with Crippen molar-refractivity contribution in [1.29, 1.82) is 0 Å². The molecule has 19 heavy (non-hydrogen) atoms. The van der Waals surface area contributed by atoms with E-state index in [1.54, 1.807) is 0 Å². The number of rotatable bonds is 7. The third-order valence-electron chi connectivity index (χ3n) is 2.59. The first kappa shape index (κ1) is 15.9. The summed E-state index contributed by atoms with van der Waals surface area (Å²) in [5, 5.41) is 3.32. The van der Waals surface area contributed by atoms with E-state index in [0.29, 0.717) is 17.5 Å². The van der Waals surface area contributed by atoms with Gasteiger partial charge in [-0.15, -0.1) is 0 Å². The van der Waals surface area contributed by atoms with Crippen molar-refractivity contribution in [3.8, 4) is 0 Å². The molecule has 0 aliphatic carbocycles. The molecule has 106 valence electrons. The minimum atomic E-state index is 0.371. The highest BCUT2D eigenvalue weighted by Crippen LogP contribution is 2.19. The molecule has 1 rings (SSSR count). The first-order chi connectivity index (χ1) is 8.91. The van der Waals surface area contributed by atoms with Gasteiger partial charge in [-0.25, -0.2) is 0 Å². The number of nitrogens with one attached hydrogen (secondary N) is 1. The Morgan fingerprint density at radius 1 is 1.47 bits per heavy atom. The van der Waals surface area contributed by atoms with E-state index in [-0.39, 0.29) is 0 Å². The van der Waals surface area contributed by atoms with E-state index >= 15 is 0 Å². The zero-order chi connectivity index (χ0) is 14.4. The molecule has 0 saturated heterocycles. The molecular weight excluding hydrogens is 258 g/mol. The number of aryl methyl sites for hydroxylation is 2. The maximum atomic E-state index is 5.76. The lowest BCUT2D eigenvalue weighted by Gasteiger charge is -2.14. The Morgan fingerprint density at radius 3 is 2.74 bits per heavy atom. The van der Waals surface area contributed by atoms with Gasteiger partial charge >= 0.3 is 0 Å². The third-order valence-corrected chi connectivity index (χ3v) is 2.79. The molecule has 0 radical (unpaired) electrons. The van der Waals surface area contributed by atoms with E-state index in [9.17, 15) is 0 Å². The van der Waals surface area contributed by atoms with Gasteiger partial charge in [0.15, 0.2) is 0 Å². The fourth-order valence-electron chi connectivity index (χ4n) is 1.86. The molecule has 0 atom stereocenters. The molecule has 0 aliphatic heterocycles. The summed E-state index contributed by atoms with van der Waals surface area (Å²) in [5.41, 5.74) is 9.32. The number of hydrogen-bond acceptors (Lipinski definition) is 4. The summed E-state index contributed by atoms with van der Waals surface area (Å²) in [6.07, 6.45) is 0. The zero-order valence-corrected chi connectivity index (χ0v) is 12.9. The molecule has 0 amide bonds. The van der Waals surface area contributed by atoms with Crippen LogP contribution in [0.25, 0.3) is 0 Å². The van der Waals surface area contributed by atoms with Crippen LogP contribution in [0.5, 0.6) is 0 Å². The highest BCUT2D eigenvalue weighted by Gasteiger charge is 2.10. The van der Waals surface area contributed by atoms with Crippen molar-refractivity contribution in [2.45, 2.75) is 27.7 Å². The van der Waals surface area contributed by atoms with Gasteiger partial charge in [0.05, 0.1) is 12.2 Å². The number of thiocarbonyl (C=S) groups is 1. The van der Waals surface area contributed by atoms with Crippen molar-refractivity contribution in [2.75, 3.05) is 25.1 Å². The molecule has 0 fully saturated rings. The largest absolute Gasteiger partial charge is 0.389 e. The second-order valence-electron chi connectivity index (χ2n) is 5.03. The highest BCUT2D eigenvalue weighted by atomic mass is 32.1. The number of aromatic nitrogens is 1. The number of pyridine rings is 1. The predicted molar refractivity (Wildman–Crippen MR) is 83.7 cm³/mol. The molecule has 0 unspecified atom stereocenters. The van der Waals surface area contributed by atoms with Gasteiger partial charge in [0.25, 0.3) is 0 Å². The smallest absolute Gasteiger partial charge is 0.107 e. The second-order valence-corrected chi connectivity index (χ2v) is 5.47. The lowest BCUT2D eigenvalue weighted by atomic mass is 10.1. The molecule has 0 spiro atoms. The van der Waals surface area contributed by atoms with E-state index in [4.69, 9.17) is 22.7 Å². The van der Waals surface area contributed by atoms with Crippen LogP contribution in [0.15, 0.2) is 6.07 Å². The molecule has 0 aliphatic rings. The average Bonchev–Trinajstić information content (AvgIpc) is 2.26. The Morgan fingerprint density at radius 2 is 2.16 bits per heavy atom. The summed E-state index contributed by atoms with van der Waals surface area (Å²) in [6, 6.07) is 1.96. The second kappa shape index (κ2) is 7.40. The molecule has 5 heteroatoms. The number of anilines is 1. The van der Waals surface area contributed by atoms with Gasteiger partial charge in [-0.3, -0.25) is 4.98 Å². The summed E-state index contributed by atoms with van der Waals surface area (Å²) < 4.78 is 5.54. The number of ether oxygens (including phenoxy) is 1. The molecule has 3 N–H and O–H groups in total. The van der Waals surface area contributed by atoms with Crippen LogP contribution in [-0.4, -0.2) is 29.7 Å². The van der Waals surface area contributed by atoms with Crippen LogP contribution in [0.4, 0.5) is 5.69 Å². The number of nitrogens with zero attached hydrogens (tertiary/aromatic N) is 1. The molecule has 0 bridgehead atoms. The zero-order valence-electron chi connectivity index (χ0n) is 12.1. The van der Waals surface area contributed by atoms with E-state index < -0.39 is 0 Å². The van der Waals surface area contributed by atoms with Crippen LogP contribution in [0.1, 0.15) is 30.8 Å². The van der Waals surface area contributed by atoms with Crippen LogP contribution >= 0.6 is 12.2 Å². The van der Waals surface area contributed by atoms with Crippen LogP contribution in [0, 0.1) is 19.8 Å². The lowest BCUT2D eigenvalue weighted by Crippen LogP contribution is -2.18. The SMILES string of the molecule is Cc1cc(NCCOCC(C)C)c(C(N)=S)c(C)n1. The fraction of sp³-hybridized carbons (Fsp3) is 0.571. The Labute approximate surface area is 120 Å². The van der Waals surface area contributed by atoms with Gasteiger partial charge < -0.3 is 15.8 Å². The summed E-state index contributed by atoms with van der Waals surface area (Å²) in [4.78, 5) is 4.76. The van der Waals surface area contributed by atoms with Gasteiger partial charge in [-0.1, -0.05) is 26.1 Å². The van der Waals surface area contributed by atoms with Crippen molar-refractivity contribution in [2.24, 2.45) is 11.7 Å². The molecule has 0 saturated carbocycles. The fourth-order valence-corrected chi connectivity index (χ4v) is 2.11. The molecular formula is C14H23N3OS. The first-order valence-electron chi connectivity index (χ1n) is 6.51. The van der Waals surface area contributed by atoms with E-state index in [2.05, 4.69) is 24.1 Å². The van der Waals surface area contributed by atoms with Gasteiger partial charge in [0.1, 0.15) is 4.99 Å². The van der Waals surface area contributed by atoms with Gasteiger partial charge in [0.2, 0.25) is 0 Å². The standard InChI is InChI=1S/C14H23N3OS/c1-9(2)8-18-6-5-16-12-7-10(3)17-11(4)13(12)14(15)19/h7,9H,5-6,8H2,1-4H3,(H2,15,19)(H,16,17). The molecule has 4 nitrogen and oxygen atoms in total. The maximum Gasteiger partial charge on any atom is 0.107 e. The van der Waals surface area contributed by atoms with E-state index in [1.807, 2.05) is 19.9 Å². The van der Waals surface area contributed by atoms with Crippen LogP contribution in [0.2, 0.25) is 0 Å². The van der Waals surface area contributed by atoms with Crippen molar-refractivity contribution >= 4 is 22.9 Å². The number of hydrogen-bond donors (Lipinski definition) is 2. The summed E-state index contributed by atoms with van der Waals surface area (Å²) in [7, 11) is 0. The van der Waals surface area contributed by atoms with Gasteiger partial charge in [-0.2, -0.15) is 0 Å². The summed E-state index contributed by atoms with van der Waals surface area (Å²) in [6.45, 7) is 10.3. The van der Waals surface area contributed by atoms with Crippen LogP contribution in [0.3, 0.4) is 0 Å². The minimum absolute atomic E-state index is 0.371. The maximum absolute atomic E-state index is 5.76. The molecule has 1 aromatic rings. The van der Waals surface area contributed by atoms with Crippen LogP contribution < -0.4 is 11.1 Å². The quantitative estimate of drug-likeness (QED) is 0.594. The Balaban J connectivity index is 2.64. The van der Waals surface area contributed by atoms with Crippen molar-refractivity contribution in [3.63, 3.8) is 0 Å². The highest BCUT2D eigenvalue weighted by molar-refractivity contribution is 7.80. The normalized spacial score (nSPS) is 10.8. The van der Waals surface area contributed by atoms with Gasteiger partial charge in [-0.05, 0) is 25.8 Å². The van der Waals surface area contributed by atoms with Crippen molar-refractivity contribution in [1.82, 2.24) is 4.98 Å². The Hall–Kier alpha value is -1.20. The molecule has 1 heterocycles. The van der Waals surface area contributed by atoms with E-state index in [0.717, 1.165) is 35.8 Å². The predicted octanol–water partition coefficient (Wildman–Crippen LogP) is 2.42. The molecule has 0 aromatic carbocycles. The van der Waals surface area contributed by atoms with Gasteiger partial charge in [0, 0.05) is 30.2 Å². The Bertz CT molecular complexity index is 447. The summed E-state index contributed by atoms with van der Waals surface area (Å²) in [5.74, 6) is 0.553. The van der Waals surface area contributed by atoms with Crippen molar-refractivity contribution < 1.29 is 4.74 Å². The van der Waals surface area contributed by atoms with Crippen molar-refractivity contribution in [3.05, 3.63) is 23.0 Å². The minimum Gasteiger partial charge on any atom is -0.389 e. The number of nitrogens with two attached hydrogens (primary N) is 1. The average molecular weight is 281 g/mol.